The van der Waals surface area contributed by atoms with Crippen molar-refractivity contribution in [2.45, 2.75) is 25.9 Å². The number of aromatic amines is 1. The summed E-state index contributed by atoms with van der Waals surface area (Å²) in [7, 11) is 0. The number of primary amides is 1. The van der Waals surface area contributed by atoms with E-state index in [1.807, 2.05) is 6.92 Å². The van der Waals surface area contributed by atoms with Crippen molar-refractivity contribution < 1.29 is 14.3 Å². The van der Waals surface area contributed by atoms with E-state index >= 15 is 0 Å². The Hall–Kier alpha value is -3.43. The molecular weight excluding hydrogens is 340 g/mol. The zero-order valence-corrected chi connectivity index (χ0v) is 13.9. The van der Waals surface area contributed by atoms with E-state index in [-0.39, 0.29) is 29.2 Å². The number of nitrogens with zero attached hydrogens (tertiary/aromatic N) is 4. The predicted molar refractivity (Wildman–Crippen MR) is 90.6 cm³/mol. The molecule has 1 atom stereocenters. The third kappa shape index (κ3) is 2.65. The van der Waals surface area contributed by atoms with Gasteiger partial charge in [-0.2, -0.15) is 9.97 Å². The summed E-state index contributed by atoms with van der Waals surface area (Å²) in [5.74, 6) is -0.0425. The van der Waals surface area contributed by atoms with Gasteiger partial charge in [-0.1, -0.05) is 0 Å². The summed E-state index contributed by atoms with van der Waals surface area (Å²) in [6.45, 7) is 2.25. The predicted octanol–water partition coefficient (Wildman–Crippen LogP) is 0.543. The van der Waals surface area contributed by atoms with E-state index in [4.69, 9.17) is 15.2 Å². The van der Waals surface area contributed by atoms with Crippen LogP contribution in [0.15, 0.2) is 23.3 Å². The van der Waals surface area contributed by atoms with E-state index in [2.05, 4.69) is 19.9 Å². The van der Waals surface area contributed by atoms with Gasteiger partial charge in [-0.05, 0) is 31.9 Å². The molecule has 1 aliphatic rings. The minimum absolute atomic E-state index is 0.0867. The van der Waals surface area contributed by atoms with Crippen molar-refractivity contribution in [1.82, 2.24) is 24.5 Å². The molecule has 0 saturated heterocycles. The smallest absolute Gasteiger partial charge is 0.333 e. The van der Waals surface area contributed by atoms with Gasteiger partial charge in [-0.25, -0.2) is 14.3 Å². The monoisotopic (exact) mass is 356 g/mol. The van der Waals surface area contributed by atoms with Crippen molar-refractivity contribution >= 4 is 17.1 Å². The number of H-pyrrole nitrogens is 1. The van der Waals surface area contributed by atoms with Gasteiger partial charge in [0.05, 0.1) is 12.7 Å². The number of rotatable bonds is 1. The van der Waals surface area contributed by atoms with E-state index in [1.165, 1.54) is 23.0 Å². The van der Waals surface area contributed by atoms with Crippen molar-refractivity contribution in [3.63, 3.8) is 0 Å². The second-order valence-corrected chi connectivity index (χ2v) is 5.95. The maximum absolute atomic E-state index is 12.5. The third-order valence-corrected chi connectivity index (χ3v) is 4.09. The second-order valence-electron chi connectivity index (χ2n) is 5.95. The van der Waals surface area contributed by atoms with Gasteiger partial charge in [0.2, 0.25) is 11.8 Å². The zero-order valence-electron chi connectivity index (χ0n) is 13.9. The number of nitrogens with two attached hydrogens (primary N) is 1. The van der Waals surface area contributed by atoms with Crippen molar-refractivity contribution in [3.05, 3.63) is 34.5 Å². The van der Waals surface area contributed by atoms with Crippen LogP contribution < -0.4 is 20.9 Å². The lowest BCUT2D eigenvalue weighted by Gasteiger charge is -2.18. The number of hydrogen-bond acceptors (Lipinski definition) is 7. The molecule has 1 amide bonds. The molecule has 0 fully saturated rings. The fourth-order valence-electron chi connectivity index (χ4n) is 2.86. The van der Waals surface area contributed by atoms with Gasteiger partial charge >= 0.3 is 5.69 Å². The van der Waals surface area contributed by atoms with E-state index in [0.717, 1.165) is 0 Å². The minimum atomic E-state index is -0.656. The number of amides is 1. The Balaban J connectivity index is 2.01. The fraction of sp³-hybridized carbons (Fsp3) is 0.312. The average molecular weight is 356 g/mol. The first kappa shape index (κ1) is 16.1. The zero-order chi connectivity index (χ0) is 18.3. The average Bonchev–Trinajstić information content (AvgIpc) is 2.94. The summed E-state index contributed by atoms with van der Waals surface area (Å²) in [6, 6.07) is 2.99. The van der Waals surface area contributed by atoms with Gasteiger partial charge < -0.3 is 15.2 Å². The lowest BCUT2D eigenvalue weighted by molar-refractivity contribution is 0.0991. The van der Waals surface area contributed by atoms with E-state index < -0.39 is 11.6 Å². The van der Waals surface area contributed by atoms with Crippen LogP contribution in [0.5, 0.6) is 11.8 Å². The summed E-state index contributed by atoms with van der Waals surface area (Å²) in [4.78, 5) is 39.4. The van der Waals surface area contributed by atoms with Gasteiger partial charge in [0.25, 0.3) is 5.91 Å². The molecule has 1 aliphatic heterocycles. The number of fused-ring (bicyclic) bond motifs is 3. The number of carbonyl (C=O) groups is 1. The molecule has 4 heterocycles. The molecular formula is C16H16N6O4. The molecule has 26 heavy (non-hydrogen) atoms. The van der Waals surface area contributed by atoms with Crippen LogP contribution in [0.3, 0.4) is 0 Å². The number of aromatic nitrogens is 5. The van der Waals surface area contributed by atoms with Gasteiger partial charge in [0, 0.05) is 0 Å². The van der Waals surface area contributed by atoms with Crippen LogP contribution in [-0.2, 0) is 0 Å². The summed E-state index contributed by atoms with van der Waals surface area (Å²) >= 11 is 0. The maximum atomic E-state index is 12.5. The first-order chi connectivity index (χ1) is 12.5. The fourth-order valence-corrected chi connectivity index (χ4v) is 2.86. The van der Waals surface area contributed by atoms with Crippen molar-refractivity contribution in [3.8, 4) is 17.6 Å². The van der Waals surface area contributed by atoms with E-state index in [0.29, 0.717) is 30.6 Å². The van der Waals surface area contributed by atoms with Crippen LogP contribution in [0.2, 0.25) is 0 Å². The molecule has 0 aromatic carbocycles. The molecule has 3 N–H and O–H groups in total. The Kier molecular flexibility index (Phi) is 3.79. The van der Waals surface area contributed by atoms with Crippen LogP contribution >= 0.6 is 0 Å². The number of ether oxygens (including phenoxy) is 2. The Bertz CT molecular complexity index is 1060. The largest absolute Gasteiger partial charge is 0.476 e. The highest BCUT2D eigenvalue weighted by Crippen LogP contribution is 2.25. The molecule has 10 nitrogen and oxygen atoms in total. The van der Waals surface area contributed by atoms with Crippen LogP contribution in [0, 0.1) is 0 Å². The highest BCUT2D eigenvalue weighted by molar-refractivity contribution is 5.95. The lowest BCUT2D eigenvalue weighted by atomic mass is 10.2. The molecule has 0 saturated carbocycles. The normalized spacial score (nSPS) is 16.9. The molecule has 0 spiro atoms. The van der Waals surface area contributed by atoms with Crippen molar-refractivity contribution in [2.75, 3.05) is 6.61 Å². The first-order valence-electron chi connectivity index (χ1n) is 8.11. The van der Waals surface area contributed by atoms with E-state index in [1.54, 1.807) is 0 Å². The standard InChI is InChI=1S/C16H16N6O4/c1-8-3-2-6-25-15-11-13(18-7-19-15)21-16(24)22(11)10-5-4-9(12(17)23)14(20-10)26-8/h4-5,7-8H,2-3,6H2,1H3,(H2,17,23)(H,18,19,21,24). The van der Waals surface area contributed by atoms with Crippen LogP contribution in [0.25, 0.3) is 17.0 Å². The summed E-state index contributed by atoms with van der Waals surface area (Å²) in [6.07, 6.45) is 2.47. The molecule has 3 aromatic rings. The lowest BCUT2D eigenvalue weighted by Crippen LogP contribution is -2.22. The van der Waals surface area contributed by atoms with Gasteiger partial charge in [-0.15, -0.1) is 0 Å². The summed E-state index contributed by atoms with van der Waals surface area (Å²) in [5.41, 5.74) is 5.81. The molecule has 3 aromatic heterocycles. The summed E-state index contributed by atoms with van der Waals surface area (Å²) < 4.78 is 12.8. The Morgan fingerprint density at radius 3 is 3.00 bits per heavy atom. The highest BCUT2D eigenvalue weighted by Gasteiger charge is 2.21. The SMILES string of the molecule is CC1CCCOc2ncnc3[nH]c(=O)n(c23)-c2ccc(C(N)=O)c(n2)O1. The quantitative estimate of drug-likeness (QED) is 0.649. The Labute approximate surface area is 147 Å². The van der Waals surface area contributed by atoms with Gasteiger partial charge in [0.1, 0.15) is 17.7 Å². The molecule has 4 rings (SSSR count). The number of hydrogen-bond donors (Lipinski definition) is 2. The number of pyridine rings is 1. The highest BCUT2D eigenvalue weighted by atomic mass is 16.5. The molecule has 1 unspecified atom stereocenters. The molecule has 10 heteroatoms. The third-order valence-electron chi connectivity index (χ3n) is 4.09. The number of imidazole rings is 1. The van der Waals surface area contributed by atoms with Crippen molar-refractivity contribution in [2.24, 2.45) is 5.73 Å². The van der Waals surface area contributed by atoms with E-state index in [9.17, 15) is 9.59 Å². The molecule has 0 radical (unpaired) electrons. The minimum Gasteiger partial charge on any atom is -0.476 e. The van der Waals surface area contributed by atoms with Crippen LogP contribution in [0.1, 0.15) is 30.1 Å². The van der Waals surface area contributed by atoms with Crippen LogP contribution in [-0.4, -0.2) is 43.1 Å². The topological polar surface area (TPSA) is 138 Å². The van der Waals surface area contributed by atoms with Gasteiger partial charge in [-0.3, -0.25) is 9.78 Å². The number of nitrogens with one attached hydrogen (secondary N) is 1. The molecule has 2 bridgehead atoms. The van der Waals surface area contributed by atoms with Crippen molar-refractivity contribution in [1.29, 1.82) is 0 Å². The van der Waals surface area contributed by atoms with Gasteiger partial charge in [0.15, 0.2) is 11.2 Å². The maximum Gasteiger partial charge on any atom is 0.333 e. The first-order valence-corrected chi connectivity index (χ1v) is 8.11. The number of carbonyl (C=O) groups excluding carboxylic acids is 1. The Morgan fingerprint density at radius 1 is 1.35 bits per heavy atom. The Morgan fingerprint density at radius 2 is 2.19 bits per heavy atom. The second kappa shape index (κ2) is 6.14. The summed E-state index contributed by atoms with van der Waals surface area (Å²) in [5, 5.41) is 0. The van der Waals surface area contributed by atoms with Crippen LogP contribution in [0.4, 0.5) is 0 Å². The molecule has 134 valence electrons. The molecule has 0 aliphatic carbocycles.